The Kier molecular flexibility index (Phi) is 6.33. The number of carbonyl (C=O) groups excluding carboxylic acids is 1. The van der Waals surface area contributed by atoms with Crippen molar-refractivity contribution in [2.24, 2.45) is 0 Å². The van der Waals surface area contributed by atoms with Gasteiger partial charge in [0.1, 0.15) is 0 Å². The van der Waals surface area contributed by atoms with Crippen LogP contribution >= 0.6 is 11.6 Å². The summed E-state index contributed by atoms with van der Waals surface area (Å²) in [5, 5.41) is 0.732. The number of rotatable bonds is 5. The Hall–Kier alpha value is -1.31. The summed E-state index contributed by atoms with van der Waals surface area (Å²) in [6.45, 7) is 7.96. The lowest BCUT2D eigenvalue weighted by molar-refractivity contribution is -0.915. The van der Waals surface area contributed by atoms with Crippen molar-refractivity contribution >= 4 is 33.0 Å². The summed E-state index contributed by atoms with van der Waals surface area (Å²) in [6.07, 6.45) is 0.562. The van der Waals surface area contributed by atoms with Crippen molar-refractivity contribution in [3.05, 3.63) is 29.3 Å². The molecule has 2 heterocycles. The van der Waals surface area contributed by atoms with Gasteiger partial charge in [0.15, 0.2) is 15.9 Å². The van der Waals surface area contributed by atoms with Crippen LogP contribution in [-0.4, -0.2) is 75.5 Å². The molecule has 3 rings (SSSR count). The van der Waals surface area contributed by atoms with Gasteiger partial charge in [0.25, 0.3) is 5.91 Å². The molecule has 0 bridgehead atoms. The summed E-state index contributed by atoms with van der Waals surface area (Å²) in [6, 6.07) is 7.54. The number of amides is 1. The van der Waals surface area contributed by atoms with E-state index in [4.69, 9.17) is 11.6 Å². The Labute approximate surface area is 167 Å². The number of hydrogen-bond donors (Lipinski definition) is 1. The van der Waals surface area contributed by atoms with E-state index in [-0.39, 0.29) is 29.5 Å². The fourth-order valence-electron chi connectivity index (χ4n) is 4.20. The molecule has 150 valence electrons. The van der Waals surface area contributed by atoms with Crippen LogP contribution in [0.2, 0.25) is 5.02 Å². The Morgan fingerprint density at radius 3 is 2.63 bits per heavy atom. The maximum atomic E-state index is 13.0. The molecule has 0 spiro atoms. The highest BCUT2D eigenvalue weighted by atomic mass is 35.5. The molecule has 1 aromatic carbocycles. The first-order valence-corrected chi connectivity index (χ1v) is 11.9. The number of halogens is 1. The zero-order valence-corrected chi connectivity index (χ0v) is 17.6. The Morgan fingerprint density at radius 2 is 2.07 bits per heavy atom. The minimum atomic E-state index is -2.99. The molecule has 0 radical (unpaired) electrons. The van der Waals surface area contributed by atoms with Gasteiger partial charge < -0.3 is 14.7 Å². The SMILES string of the molecule is CCN(C(=O)[C@H](C)[NH+]1CCN(c2cccc(Cl)c2)CC1)[C@H]1CCS(=O)(=O)C1. The standard InChI is InChI=1S/C19H28ClN3O3S/c1-3-23(18-7-12-27(25,26)14-18)19(24)15(2)21-8-10-22(11-9-21)17-6-4-5-16(20)13-17/h4-6,13,15,18H,3,7-12,14H2,1-2H3/p+1/t15-,18-/m0/s1. The fraction of sp³-hybridized carbons (Fsp3) is 0.632. The predicted molar refractivity (Wildman–Crippen MR) is 108 cm³/mol. The van der Waals surface area contributed by atoms with E-state index in [1.54, 1.807) is 4.90 Å². The highest BCUT2D eigenvalue weighted by molar-refractivity contribution is 7.91. The average molecular weight is 415 g/mol. The van der Waals surface area contributed by atoms with E-state index in [2.05, 4.69) is 11.0 Å². The summed E-state index contributed by atoms with van der Waals surface area (Å²) >= 11 is 6.09. The first-order valence-electron chi connectivity index (χ1n) is 9.66. The number of quaternary nitrogens is 1. The molecule has 27 heavy (non-hydrogen) atoms. The van der Waals surface area contributed by atoms with Crippen LogP contribution in [0.5, 0.6) is 0 Å². The quantitative estimate of drug-likeness (QED) is 0.760. The van der Waals surface area contributed by atoms with Crippen LogP contribution in [0.25, 0.3) is 0 Å². The molecule has 0 saturated carbocycles. The third-order valence-electron chi connectivity index (χ3n) is 5.83. The second-order valence-electron chi connectivity index (χ2n) is 7.53. The van der Waals surface area contributed by atoms with Crippen molar-refractivity contribution in [2.45, 2.75) is 32.4 Å². The van der Waals surface area contributed by atoms with Crippen molar-refractivity contribution in [3.8, 4) is 0 Å². The van der Waals surface area contributed by atoms with Crippen molar-refractivity contribution < 1.29 is 18.1 Å². The second-order valence-corrected chi connectivity index (χ2v) is 10.2. The summed E-state index contributed by atoms with van der Waals surface area (Å²) in [5.41, 5.74) is 1.12. The molecule has 1 amide bonds. The third kappa shape index (κ3) is 4.76. The van der Waals surface area contributed by atoms with E-state index in [1.165, 1.54) is 4.90 Å². The van der Waals surface area contributed by atoms with Crippen LogP contribution in [0.3, 0.4) is 0 Å². The van der Waals surface area contributed by atoms with Crippen LogP contribution in [0.15, 0.2) is 24.3 Å². The summed E-state index contributed by atoms with van der Waals surface area (Å²) in [4.78, 5) is 18.4. The van der Waals surface area contributed by atoms with E-state index in [0.29, 0.717) is 13.0 Å². The molecule has 0 aromatic heterocycles. The number of likely N-dealkylation sites (N-methyl/N-ethyl adjacent to an activating group) is 1. The van der Waals surface area contributed by atoms with Gasteiger partial charge in [0.2, 0.25) is 0 Å². The van der Waals surface area contributed by atoms with E-state index in [1.807, 2.05) is 32.0 Å². The Bertz CT molecular complexity index is 778. The number of anilines is 1. The van der Waals surface area contributed by atoms with Gasteiger partial charge in [-0.1, -0.05) is 17.7 Å². The van der Waals surface area contributed by atoms with Gasteiger partial charge in [-0.25, -0.2) is 8.42 Å². The normalized spacial score (nSPS) is 24.0. The van der Waals surface area contributed by atoms with Crippen molar-refractivity contribution in [1.82, 2.24) is 4.90 Å². The summed E-state index contributed by atoms with van der Waals surface area (Å²) in [7, 11) is -2.99. The molecule has 0 aliphatic carbocycles. The molecule has 2 aliphatic heterocycles. The molecule has 8 heteroatoms. The number of sulfone groups is 1. The lowest BCUT2D eigenvalue weighted by Crippen LogP contribution is -3.19. The zero-order valence-electron chi connectivity index (χ0n) is 16.0. The van der Waals surface area contributed by atoms with Crippen molar-refractivity contribution in [3.63, 3.8) is 0 Å². The minimum absolute atomic E-state index is 0.0748. The number of benzene rings is 1. The number of nitrogens with one attached hydrogen (secondary N) is 1. The first kappa shape index (κ1) is 20.4. The lowest BCUT2D eigenvalue weighted by Gasteiger charge is -2.38. The van der Waals surface area contributed by atoms with Crippen LogP contribution in [0.4, 0.5) is 5.69 Å². The molecular weight excluding hydrogens is 386 g/mol. The topological polar surface area (TPSA) is 62.1 Å². The van der Waals surface area contributed by atoms with Crippen molar-refractivity contribution in [2.75, 3.05) is 49.1 Å². The Balaban J connectivity index is 1.59. The molecule has 1 N–H and O–H groups in total. The van der Waals surface area contributed by atoms with Gasteiger partial charge in [0, 0.05) is 23.3 Å². The van der Waals surface area contributed by atoms with Crippen LogP contribution in [0.1, 0.15) is 20.3 Å². The van der Waals surface area contributed by atoms with Gasteiger partial charge in [-0.2, -0.15) is 0 Å². The first-order chi connectivity index (χ1) is 12.8. The predicted octanol–water partition coefficient (Wildman–Crippen LogP) is 0.469. The average Bonchev–Trinajstić information content (AvgIpc) is 3.01. The molecule has 6 nitrogen and oxygen atoms in total. The van der Waals surface area contributed by atoms with Crippen LogP contribution in [0, 0.1) is 0 Å². The van der Waals surface area contributed by atoms with E-state index < -0.39 is 9.84 Å². The molecular formula is C19H29ClN3O3S+. The molecule has 1 aromatic rings. The van der Waals surface area contributed by atoms with Gasteiger partial charge >= 0.3 is 0 Å². The monoisotopic (exact) mass is 414 g/mol. The molecule has 2 atom stereocenters. The second kappa shape index (κ2) is 8.37. The largest absolute Gasteiger partial charge is 0.360 e. The molecule has 2 aliphatic rings. The zero-order chi connectivity index (χ0) is 19.6. The number of piperazine rings is 1. The highest BCUT2D eigenvalue weighted by Gasteiger charge is 2.38. The van der Waals surface area contributed by atoms with Crippen LogP contribution in [-0.2, 0) is 14.6 Å². The third-order valence-corrected chi connectivity index (χ3v) is 7.82. The van der Waals surface area contributed by atoms with Gasteiger partial charge in [0.05, 0.1) is 37.7 Å². The molecule has 2 saturated heterocycles. The maximum absolute atomic E-state index is 13.0. The fourth-order valence-corrected chi connectivity index (χ4v) is 6.11. The molecule has 0 unspecified atom stereocenters. The summed E-state index contributed by atoms with van der Waals surface area (Å²) in [5.74, 6) is 0.379. The smallest absolute Gasteiger partial charge is 0.280 e. The lowest BCUT2D eigenvalue weighted by atomic mass is 10.1. The van der Waals surface area contributed by atoms with E-state index in [0.717, 1.165) is 36.9 Å². The van der Waals surface area contributed by atoms with Gasteiger partial charge in [-0.3, -0.25) is 4.79 Å². The van der Waals surface area contributed by atoms with Gasteiger partial charge in [-0.05, 0) is 38.5 Å². The van der Waals surface area contributed by atoms with Gasteiger partial charge in [-0.15, -0.1) is 0 Å². The molecule has 2 fully saturated rings. The highest BCUT2D eigenvalue weighted by Crippen LogP contribution is 2.20. The van der Waals surface area contributed by atoms with E-state index >= 15 is 0 Å². The van der Waals surface area contributed by atoms with Crippen molar-refractivity contribution in [1.29, 1.82) is 0 Å². The number of hydrogen-bond acceptors (Lipinski definition) is 4. The minimum Gasteiger partial charge on any atom is -0.360 e. The number of carbonyl (C=O) groups is 1. The van der Waals surface area contributed by atoms with Crippen LogP contribution < -0.4 is 9.80 Å². The Morgan fingerprint density at radius 1 is 1.37 bits per heavy atom. The maximum Gasteiger partial charge on any atom is 0.280 e. The number of nitrogens with zero attached hydrogens (tertiary/aromatic N) is 2. The van der Waals surface area contributed by atoms with E-state index in [9.17, 15) is 13.2 Å². The summed E-state index contributed by atoms with van der Waals surface area (Å²) < 4.78 is 23.6.